The van der Waals surface area contributed by atoms with Gasteiger partial charge in [0.2, 0.25) is 11.8 Å². The van der Waals surface area contributed by atoms with Crippen LogP contribution < -0.4 is 10.1 Å². The predicted octanol–water partition coefficient (Wildman–Crippen LogP) is 6.44. The molecule has 2 aromatic heterocycles. The molecule has 0 aliphatic carbocycles. The first-order valence-corrected chi connectivity index (χ1v) is 9.42. The largest absolute Gasteiger partial charge is 0.435 e. The van der Waals surface area contributed by atoms with Gasteiger partial charge in [-0.25, -0.2) is 9.97 Å². The predicted molar refractivity (Wildman–Crippen MR) is 114 cm³/mol. The summed E-state index contributed by atoms with van der Waals surface area (Å²) in [6.45, 7) is 6.58. The maximum Gasteiger partial charge on any atom is 0.243 e. The van der Waals surface area contributed by atoms with Crippen molar-refractivity contribution in [2.45, 2.75) is 26.2 Å². The quantitative estimate of drug-likeness (QED) is 0.419. The van der Waals surface area contributed by atoms with Gasteiger partial charge in [0.1, 0.15) is 11.4 Å². The van der Waals surface area contributed by atoms with Gasteiger partial charge in [-0.15, -0.1) is 0 Å². The third-order valence-corrected chi connectivity index (χ3v) is 4.73. The van der Waals surface area contributed by atoms with Crippen molar-refractivity contribution in [3.05, 3.63) is 71.4 Å². The van der Waals surface area contributed by atoms with Gasteiger partial charge in [0.15, 0.2) is 0 Å². The molecule has 0 atom stereocenters. The Hall–Kier alpha value is -3.05. The van der Waals surface area contributed by atoms with E-state index in [1.165, 1.54) is 5.56 Å². The molecule has 0 saturated carbocycles. The maximum atomic E-state index is 6.20. The summed E-state index contributed by atoms with van der Waals surface area (Å²) in [5.41, 5.74) is 3.89. The molecule has 2 aromatic carbocycles. The number of rotatable bonds is 4. The van der Waals surface area contributed by atoms with Crippen LogP contribution in [0.25, 0.3) is 11.0 Å². The Bertz CT molecular complexity index is 1130. The van der Waals surface area contributed by atoms with Crippen molar-refractivity contribution in [3.63, 3.8) is 0 Å². The standard InChI is InChI=1S/C22H21ClN4O/c1-22(2,3)14-10-11-16-18(13-14)27-21(25-16)26-17-8-6-12-24-20(17)28-19-9-5-4-7-15(19)23/h4-13H,1-3H3,(H2,25,26,27). The lowest BCUT2D eigenvalue weighted by Crippen LogP contribution is -2.10. The van der Waals surface area contributed by atoms with Crippen LogP contribution in [-0.4, -0.2) is 15.0 Å². The van der Waals surface area contributed by atoms with Crippen molar-refractivity contribution in [1.29, 1.82) is 0 Å². The zero-order valence-electron chi connectivity index (χ0n) is 16.0. The van der Waals surface area contributed by atoms with Gasteiger partial charge in [0.25, 0.3) is 0 Å². The Kier molecular flexibility index (Phi) is 4.69. The van der Waals surface area contributed by atoms with Gasteiger partial charge in [-0.05, 0) is 47.4 Å². The van der Waals surface area contributed by atoms with E-state index in [1.807, 2.05) is 30.3 Å². The number of nitrogens with zero attached hydrogens (tertiary/aromatic N) is 2. The van der Waals surface area contributed by atoms with E-state index >= 15 is 0 Å². The van der Waals surface area contributed by atoms with E-state index < -0.39 is 0 Å². The number of benzene rings is 2. The molecular weight excluding hydrogens is 372 g/mol. The van der Waals surface area contributed by atoms with Crippen LogP contribution in [0.5, 0.6) is 11.6 Å². The number of ether oxygens (including phenoxy) is 1. The fourth-order valence-electron chi connectivity index (χ4n) is 2.86. The summed E-state index contributed by atoms with van der Waals surface area (Å²) in [5.74, 6) is 1.59. The number of H-pyrrole nitrogens is 1. The van der Waals surface area contributed by atoms with Crippen LogP contribution in [0.4, 0.5) is 11.6 Å². The second-order valence-corrected chi connectivity index (χ2v) is 7.99. The lowest BCUT2D eigenvalue weighted by Gasteiger charge is -2.18. The number of anilines is 2. The molecule has 28 heavy (non-hydrogen) atoms. The van der Waals surface area contributed by atoms with Crippen LogP contribution in [0.3, 0.4) is 0 Å². The fourth-order valence-corrected chi connectivity index (χ4v) is 3.04. The number of hydrogen-bond donors (Lipinski definition) is 2. The summed E-state index contributed by atoms with van der Waals surface area (Å²) in [5, 5.41) is 3.79. The highest BCUT2D eigenvalue weighted by Gasteiger charge is 2.15. The normalized spacial score (nSPS) is 11.6. The number of imidazole rings is 1. The first-order chi connectivity index (χ1) is 13.4. The van der Waals surface area contributed by atoms with E-state index in [2.05, 4.69) is 53.2 Å². The molecule has 6 heteroatoms. The highest BCUT2D eigenvalue weighted by atomic mass is 35.5. The molecule has 0 fully saturated rings. The molecule has 0 spiro atoms. The lowest BCUT2D eigenvalue weighted by atomic mass is 9.87. The van der Waals surface area contributed by atoms with Crippen LogP contribution in [-0.2, 0) is 5.41 Å². The smallest absolute Gasteiger partial charge is 0.243 e. The van der Waals surface area contributed by atoms with Crippen molar-refractivity contribution in [2.75, 3.05) is 5.32 Å². The highest BCUT2D eigenvalue weighted by molar-refractivity contribution is 6.32. The molecule has 0 amide bonds. The second-order valence-electron chi connectivity index (χ2n) is 7.58. The zero-order chi connectivity index (χ0) is 19.7. The number of pyridine rings is 1. The average molecular weight is 393 g/mol. The number of aromatic nitrogens is 3. The third kappa shape index (κ3) is 3.80. The molecule has 0 aliphatic rings. The molecule has 0 radical (unpaired) electrons. The fraction of sp³-hybridized carbons (Fsp3) is 0.182. The number of hydrogen-bond acceptors (Lipinski definition) is 4. The summed E-state index contributed by atoms with van der Waals surface area (Å²) in [7, 11) is 0. The van der Waals surface area contributed by atoms with Gasteiger partial charge in [-0.2, -0.15) is 0 Å². The minimum atomic E-state index is 0.0756. The van der Waals surface area contributed by atoms with E-state index in [0.29, 0.717) is 28.3 Å². The Balaban J connectivity index is 1.64. The van der Waals surface area contributed by atoms with Crippen molar-refractivity contribution < 1.29 is 4.74 Å². The van der Waals surface area contributed by atoms with Gasteiger partial charge >= 0.3 is 0 Å². The maximum absolute atomic E-state index is 6.20. The van der Waals surface area contributed by atoms with E-state index in [4.69, 9.17) is 16.3 Å². The molecule has 2 N–H and O–H groups in total. The molecule has 4 rings (SSSR count). The van der Waals surface area contributed by atoms with Crippen LogP contribution in [0.2, 0.25) is 5.02 Å². The molecular formula is C22H21ClN4O. The Morgan fingerprint density at radius 3 is 2.64 bits per heavy atom. The summed E-state index contributed by atoms with van der Waals surface area (Å²) >= 11 is 6.20. The molecule has 142 valence electrons. The van der Waals surface area contributed by atoms with E-state index in [9.17, 15) is 0 Å². The van der Waals surface area contributed by atoms with Gasteiger partial charge in [-0.1, -0.05) is 50.6 Å². The Morgan fingerprint density at radius 2 is 1.86 bits per heavy atom. The van der Waals surface area contributed by atoms with Gasteiger partial charge in [-0.3, -0.25) is 0 Å². The number of halogens is 1. The molecule has 5 nitrogen and oxygen atoms in total. The minimum absolute atomic E-state index is 0.0756. The number of aromatic amines is 1. The van der Waals surface area contributed by atoms with Crippen LogP contribution in [0, 0.1) is 0 Å². The Morgan fingerprint density at radius 1 is 1.04 bits per heavy atom. The number of fused-ring (bicyclic) bond motifs is 1. The van der Waals surface area contributed by atoms with Crippen molar-refractivity contribution in [2.24, 2.45) is 0 Å². The molecule has 0 unspecified atom stereocenters. The molecule has 0 aliphatic heterocycles. The lowest BCUT2D eigenvalue weighted by molar-refractivity contribution is 0.465. The second kappa shape index (κ2) is 7.17. The topological polar surface area (TPSA) is 62.8 Å². The zero-order valence-corrected chi connectivity index (χ0v) is 16.7. The first-order valence-electron chi connectivity index (χ1n) is 9.05. The third-order valence-electron chi connectivity index (χ3n) is 4.42. The molecule has 4 aromatic rings. The monoisotopic (exact) mass is 392 g/mol. The SMILES string of the molecule is CC(C)(C)c1ccc2nc(Nc3cccnc3Oc3ccccc3Cl)[nH]c2c1. The van der Waals surface area contributed by atoms with Crippen molar-refractivity contribution >= 4 is 34.3 Å². The van der Waals surface area contributed by atoms with E-state index in [0.717, 1.165) is 11.0 Å². The molecule has 2 heterocycles. The summed E-state index contributed by atoms with van der Waals surface area (Å²) < 4.78 is 5.90. The molecule has 0 bridgehead atoms. The number of nitrogens with one attached hydrogen (secondary N) is 2. The van der Waals surface area contributed by atoms with Crippen molar-refractivity contribution in [1.82, 2.24) is 15.0 Å². The summed E-state index contributed by atoms with van der Waals surface area (Å²) in [6.07, 6.45) is 1.67. The van der Waals surface area contributed by atoms with Gasteiger partial charge < -0.3 is 15.0 Å². The average Bonchev–Trinajstić information content (AvgIpc) is 3.06. The first kappa shape index (κ1) is 18.3. The summed E-state index contributed by atoms with van der Waals surface area (Å²) in [4.78, 5) is 12.3. The summed E-state index contributed by atoms with van der Waals surface area (Å²) in [6, 6.07) is 17.3. The van der Waals surface area contributed by atoms with Crippen molar-refractivity contribution in [3.8, 4) is 11.6 Å². The van der Waals surface area contributed by atoms with Gasteiger partial charge in [0, 0.05) is 6.20 Å². The van der Waals surface area contributed by atoms with E-state index in [-0.39, 0.29) is 5.41 Å². The highest BCUT2D eigenvalue weighted by Crippen LogP contribution is 2.33. The van der Waals surface area contributed by atoms with E-state index in [1.54, 1.807) is 18.3 Å². The van der Waals surface area contributed by atoms with Crippen LogP contribution in [0.15, 0.2) is 60.8 Å². The number of para-hydroxylation sites is 1. The van der Waals surface area contributed by atoms with Crippen LogP contribution >= 0.6 is 11.6 Å². The van der Waals surface area contributed by atoms with Gasteiger partial charge in [0.05, 0.1) is 16.1 Å². The minimum Gasteiger partial charge on any atom is -0.435 e. The Labute approximate surface area is 168 Å². The molecule has 0 saturated heterocycles. The van der Waals surface area contributed by atoms with Crippen LogP contribution in [0.1, 0.15) is 26.3 Å².